The van der Waals surface area contributed by atoms with Crippen molar-refractivity contribution in [3.8, 4) is 11.1 Å². The van der Waals surface area contributed by atoms with E-state index in [1.54, 1.807) is 19.1 Å². The SMILES string of the molecule is Cc1ccc(Cl)c(-c2cc(C(F)(F)F)ncc2C)c1. The molecule has 0 radical (unpaired) electrons. The van der Waals surface area contributed by atoms with Gasteiger partial charge in [-0.05, 0) is 43.2 Å². The first-order valence-electron chi connectivity index (χ1n) is 5.59. The molecule has 0 aliphatic heterocycles. The molecular weight excluding hydrogens is 275 g/mol. The number of halogens is 4. The standard InChI is InChI=1S/C14H11ClF3N/c1-8-3-4-12(15)11(5-8)10-6-13(14(16,17)18)19-7-9(10)2/h3-7H,1-2H3. The Morgan fingerprint density at radius 2 is 1.74 bits per heavy atom. The Labute approximate surface area is 114 Å². The molecule has 1 aromatic heterocycles. The lowest BCUT2D eigenvalue weighted by molar-refractivity contribution is -0.141. The molecule has 0 unspecified atom stereocenters. The fourth-order valence-electron chi connectivity index (χ4n) is 1.81. The zero-order valence-electron chi connectivity index (χ0n) is 10.3. The van der Waals surface area contributed by atoms with E-state index in [4.69, 9.17) is 11.6 Å². The molecule has 5 heteroatoms. The fourth-order valence-corrected chi connectivity index (χ4v) is 2.03. The van der Waals surface area contributed by atoms with E-state index in [9.17, 15) is 13.2 Å². The number of hydrogen-bond acceptors (Lipinski definition) is 1. The minimum absolute atomic E-state index is 0.424. The highest BCUT2D eigenvalue weighted by Gasteiger charge is 2.33. The molecule has 1 nitrogen and oxygen atoms in total. The molecule has 0 fully saturated rings. The molecular formula is C14H11ClF3N. The maximum Gasteiger partial charge on any atom is 0.433 e. The zero-order valence-corrected chi connectivity index (χ0v) is 11.1. The summed E-state index contributed by atoms with van der Waals surface area (Å²) in [5.41, 5.74) is 1.72. The molecule has 1 heterocycles. The summed E-state index contributed by atoms with van der Waals surface area (Å²) >= 11 is 6.07. The Morgan fingerprint density at radius 3 is 2.37 bits per heavy atom. The van der Waals surface area contributed by atoms with Crippen LogP contribution in [0.2, 0.25) is 5.02 Å². The van der Waals surface area contributed by atoms with Crippen molar-refractivity contribution >= 4 is 11.6 Å². The summed E-state index contributed by atoms with van der Waals surface area (Å²) in [6, 6.07) is 6.30. The van der Waals surface area contributed by atoms with E-state index < -0.39 is 11.9 Å². The first kappa shape index (κ1) is 13.9. The van der Waals surface area contributed by atoms with Crippen LogP contribution in [0.4, 0.5) is 13.2 Å². The molecule has 100 valence electrons. The van der Waals surface area contributed by atoms with E-state index in [2.05, 4.69) is 4.98 Å². The summed E-state index contributed by atoms with van der Waals surface area (Å²) < 4.78 is 38.1. The van der Waals surface area contributed by atoms with Gasteiger partial charge in [0.1, 0.15) is 5.69 Å². The van der Waals surface area contributed by atoms with Gasteiger partial charge in [0, 0.05) is 16.8 Å². The Morgan fingerprint density at radius 1 is 1.05 bits per heavy atom. The molecule has 0 aliphatic carbocycles. The third kappa shape index (κ3) is 2.89. The maximum atomic E-state index is 12.7. The highest BCUT2D eigenvalue weighted by atomic mass is 35.5. The Hall–Kier alpha value is -1.55. The number of benzene rings is 1. The summed E-state index contributed by atoms with van der Waals surface area (Å²) in [5, 5.41) is 0.424. The highest BCUT2D eigenvalue weighted by Crippen LogP contribution is 2.35. The topological polar surface area (TPSA) is 12.9 Å². The maximum absolute atomic E-state index is 12.7. The number of alkyl halides is 3. The van der Waals surface area contributed by atoms with Crippen LogP contribution in [0.1, 0.15) is 16.8 Å². The van der Waals surface area contributed by atoms with Gasteiger partial charge < -0.3 is 0 Å². The molecule has 2 rings (SSSR count). The van der Waals surface area contributed by atoms with Crippen molar-refractivity contribution in [3.05, 3.63) is 52.3 Å². The van der Waals surface area contributed by atoms with Gasteiger partial charge in [-0.1, -0.05) is 23.2 Å². The van der Waals surface area contributed by atoms with Crippen LogP contribution in [-0.2, 0) is 6.18 Å². The predicted molar refractivity (Wildman–Crippen MR) is 69.2 cm³/mol. The Balaban J connectivity index is 2.64. The molecule has 0 saturated heterocycles. The second kappa shape index (κ2) is 4.85. The average molecular weight is 286 g/mol. The van der Waals surface area contributed by atoms with Crippen molar-refractivity contribution in [3.63, 3.8) is 0 Å². The van der Waals surface area contributed by atoms with Crippen molar-refractivity contribution in [2.24, 2.45) is 0 Å². The van der Waals surface area contributed by atoms with E-state index in [1.165, 1.54) is 6.20 Å². The lowest BCUT2D eigenvalue weighted by Crippen LogP contribution is -2.08. The van der Waals surface area contributed by atoms with Gasteiger partial charge in [-0.15, -0.1) is 0 Å². The normalized spacial score (nSPS) is 11.7. The second-order valence-electron chi connectivity index (χ2n) is 4.37. The third-order valence-electron chi connectivity index (χ3n) is 2.81. The summed E-state index contributed by atoms with van der Waals surface area (Å²) in [7, 11) is 0. The summed E-state index contributed by atoms with van der Waals surface area (Å²) in [4.78, 5) is 3.42. The van der Waals surface area contributed by atoms with Crippen LogP contribution in [0, 0.1) is 13.8 Å². The van der Waals surface area contributed by atoms with Crippen molar-refractivity contribution in [1.82, 2.24) is 4.98 Å². The van der Waals surface area contributed by atoms with Crippen molar-refractivity contribution in [2.75, 3.05) is 0 Å². The monoisotopic (exact) mass is 285 g/mol. The second-order valence-corrected chi connectivity index (χ2v) is 4.77. The van der Waals surface area contributed by atoms with E-state index in [1.807, 2.05) is 13.0 Å². The van der Waals surface area contributed by atoms with Gasteiger partial charge in [0.2, 0.25) is 0 Å². The van der Waals surface area contributed by atoms with E-state index in [-0.39, 0.29) is 0 Å². The summed E-state index contributed by atoms with van der Waals surface area (Å²) in [5.74, 6) is 0. The molecule has 0 atom stereocenters. The van der Waals surface area contributed by atoms with E-state index in [0.29, 0.717) is 21.7 Å². The van der Waals surface area contributed by atoms with Gasteiger partial charge in [-0.3, -0.25) is 4.98 Å². The van der Waals surface area contributed by atoms with Crippen molar-refractivity contribution < 1.29 is 13.2 Å². The van der Waals surface area contributed by atoms with Gasteiger partial charge in [0.25, 0.3) is 0 Å². The molecule has 1 aromatic carbocycles. The first-order valence-corrected chi connectivity index (χ1v) is 5.97. The largest absolute Gasteiger partial charge is 0.433 e. The molecule has 0 bridgehead atoms. The average Bonchev–Trinajstić information content (AvgIpc) is 2.32. The van der Waals surface area contributed by atoms with Crippen LogP contribution in [0.25, 0.3) is 11.1 Å². The van der Waals surface area contributed by atoms with Crippen LogP contribution in [0.3, 0.4) is 0 Å². The number of aromatic nitrogens is 1. The van der Waals surface area contributed by atoms with Crippen LogP contribution >= 0.6 is 11.6 Å². The quantitative estimate of drug-likeness (QED) is 0.715. The van der Waals surface area contributed by atoms with Gasteiger partial charge in [-0.25, -0.2) is 0 Å². The predicted octanol–water partition coefficient (Wildman–Crippen LogP) is 5.04. The molecule has 0 saturated carbocycles. The van der Waals surface area contributed by atoms with Gasteiger partial charge in [-0.2, -0.15) is 13.2 Å². The van der Waals surface area contributed by atoms with Gasteiger partial charge in [0.05, 0.1) is 0 Å². The molecule has 0 spiro atoms. The summed E-state index contributed by atoms with van der Waals surface area (Å²) in [6.07, 6.45) is -3.24. The fraction of sp³-hybridized carbons (Fsp3) is 0.214. The molecule has 0 aliphatic rings. The molecule has 0 N–H and O–H groups in total. The third-order valence-corrected chi connectivity index (χ3v) is 3.14. The van der Waals surface area contributed by atoms with Gasteiger partial charge in [0.15, 0.2) is 0 Å². The number of nitrogens with zero attached hydrogens (tertiary/aromatic N) is 1. The minimum Gasteiger partial charge on any atom is -0.251 e. The van der Waals surface area contributed by atoms with Crippen LogP contribution in [0.15, 0.2) is 30.5 Å². The molecule has 2 aromatic rings. The Bertz CT molecular complexity index is 621. The minimum atomic E-state index is -4.46. The smallest absolute Gasteiger partial charge is 0.251 e. The number of rotatable bonds is 1. The van der Waals surface area contributed by atoms with Crippen LogP contribution in [0.5, 0.6) is 0 Å². The van der Waals surface area contributed by atoms with E-state index >= 15 is 0 Å². The number of hydrogen-bond donors (Lipinski definition) is 0. The van der Waals surface area contributed by atoms with Crippen molar-refractivity contribution in [2.45, 2.75) is 20.0 Å². The zero-order chi connectivity index (χ0) is 14.2. The van der Waals surface area contributed by atoms with Crippen LogP contribution in [-0.4, -0.2) is 4.98 Å². The molecule has 19 heavy (non-hydrogen) atoms. The Kier molecular flexibility index (Phi) is 3.54. The van der Waals surface area contributed by atoms with E-state index in [0.717, 1.165) is 11.6 Å². The van der Waals surface area contributed by atoms with Crippen molar-refractivity contribution in [1.29, 1.82) is 0 Å². The lowest BCUT2D eigenvalue weighted by atomic mass is 9.99. The van der Waals surface area contributed by atoms with Crippen LogP contribution < -0.4 is 0 Å². The van der Waals surface area contributed by atoms with Gasteiger partial charge >= 0.3 is 6.18 Å². The molecule has 0 amide bonds. The lowest BCUT2D eigenvalue weighted by Gasteiger charge is -2.12. The first-order chi connectivity index (χ1) is 8.79. The summed E-state index contributed by atoms with van der Waals surface area (Å²) in [6.45, 7) is 3.57. The number of aryl methyl sites for hydroxylation is 2. The number of pyridine rings is 1. The highest BCUT2D eigenvalue weighted by molar-refractivity contribution is 6.33.